The molecule has 0 aromatic carbocycles. The van der Waals surface area contributed by atoms with Crippen molar-refractivity contribution in [2.45, 2.75) is 64.0 Å². The number of aliphatic hydroxyl groups excluding tert-OH is 1. The Balaban J connectivity index is 2.59. The second-order valence-electron chi connectivity index (χ2n) is 5.61. The molecule has 0 aromatic rings. The summed E-state index contributed by atoms with van der Waals surface area (Å²) in [6.45, 7) is 4.96. The third kappa shape index (κ3) is 4.50. The van der Waals surface area contributed by atoms with Crippen molar-refractivity contribution < 1.29 is 9.90 Å². The van der Waals surface area contributed by atoms with E-state index in [0.29, 0.717) is 19.1 Å². The number of carbonyl (C=O) groups excluding carboxylic acids is 1. The van der Waals surface area contributed by atoms with Crippen molar-refractivity contribution in [3.8, 4) is 12.3 Å². The second kappa shape index (κ2) is 8.28. The molecule has 0 spiro atoms. The minimum Gasteiger partial charge on any atom is -0.395 e. The molecule has 0 atom stereocenters. The van der Waals surface area contributed by atoms with Gasteiger partial charge in [0.2, 0.25) is 5.91 Å². The van der Waals surface area contributed by atoms with E-state index in [1.807, 2.05) is 13.8 Å². The average molecular weight is 280 g/mol. The number of terminal acetylenes is 1. The summed E-state index contributed by atoms with van der Waals surface area (Å²) in [5.41, 5.74) is -0.530. The summed E-state index contributed by atoms with van der Waals surface area (Å²) in [5, 5.41) is 12.2. The molecule has 0 heterocycles. The molecule has 0 aliphatic heterocycles. The smallest absolute Gasteiger partial charge is 0.235 e. The van der Waals surface area contributed by atoms with Crippen LogP contribution in [0.2, 0.25) is 0 Å². The molecule has 0 aromatic heterocycles. The maximum Gasteiger partial charge on any atom is 0.235 e. The first-order chi connectivity index (χ1) is 9.60. The molecular weight excluding hydrogens is 252 g/mol. The van der Waals surface area contributed by atoms with E-state index in [4.69, 9.17) is 6.42 Å². The van der Waals surface area contributed by atoms with Gasteiger partial charge in [0.1, 0.15) is 5.54 Å². The highest BCUT2D eigenvalue weighted by molar-refractivity contribution is 5.79. The molecule has 1 aliphatic carbocycles. The summed E-state index contributed by atoms with van der Waals surface area (Å²) >= 11 is 0. The third-order valence-electron chi connectivity index (χ3n) is 4.44. The third-order valence-corrected chi connectivity index (χ3v) is 4.44. The zero-order valence-electron chi connectivity index (χ0n) is 12.8. The number of nitrogens with one attached hydrogen (secondary N) is 1. The first-order valence-corrected chi connectivity index (χ1v) is 7.74. The van der Waals surface area contributed by atoms with Crippen LogP contribution in [0.25, 0.3) is 0 Å². The van der Waals surface area contributed by atoms with Crippen LogP contribution in [-0.4, -0.2) is 47.2 Å². The van der Waals surface area contributed by atoms with E-state index in [1.165, 1.54) is 12.8 Å². The Kier molecular flexibility index (Phi) is 7.04. The lowest BCUT2D eigenvalue weighted by atomic mass is 9.94. The van der Waals surface area contributed by atoms with Crippen molar-refractivity contribution in [1.82, 2.24) is 10.2 Å². The molecule has 114 valence electrons. The highest BCUT2D eigenvalue weighted by atomic mass is 16.3. The van der Waals surface area contributed by atoms with Crippen LogP contribution in [0.3, 0.4) is 0 Å². The van der Waals surface area contributed by atoms with Gasteiger partial charge >= 0.3 is 0 Å². The molecule has 0 radical (unpaired) electrons. The van der Waals surface area contributed by atoms with Gasteiger partial charge in [0, 0.05) is 12.6 Å². The topological polar surface area (TPSA) is 52.6 Å². The van der Waals surface area contributed by atoms with E-state index in [0.717, 1.165) is 25.7 Å². The van der Waals surface area contributed by atoms with Crippen molar-refractivity contribution in [2.75, 3.05) is 19.7 Å². The van der Waals surface area contributed by atoms with Gasteiger partial charge in [-0.15, -0.1) is 6.42 Å². The van der Waals surface area contributed by atoms with E-state index in [1.54, 1.807) is 0 Å². The molecule has 0 unspecified atom stereocenters. The van der Waals surface area contributed by atoms with Crippen LogP contribution >= 0.6 is 0 Å². The summed E-state index contributed by atoms with van der Waals surface area (Å²) in [4.78, 5) is 14.3. The highest BCUT2D eigenvalue weighted by Gasteiger charge is 2.28. The standard InChI is InChI=1S/C16H28N2O2/c1-4-16(5-2,6-3)17-15(20)13-18(11-12-19)14-9-7-8-10-14/h1,14,19H,5-13H2,2-3H3,(H,17,20). The summed E-state index contributed by atoms with van der Waals surface area (Å²) in [6, 6.07) is 0.427. The van der Waals surface area contributed by atoms with E-state index in [-0.39, 0.29) is 12.5 Å². The van der Waals surface area contributed by atoms with Crippen LogP contribution in [0, 0.1) is 12.3 Å². The maximum absolute atomic E-state index is 12.2. The fourth-order valence-electron chi connectivity index (χ4n) is 2.95. The average Bonchev–Trinajstić information content (AvgIpc) is 2.98. The Morgan fingerprint density at radius 2 is 2.00 bits per heavy atom. The van der Waals surface area contributed by atoms with Crippen molar-refractivity contribution >= 4 is 5.91 Å². The Bertz CT molecular complexity index is 339. The Labute approximate surface area is 122 Å². The Morgan fingerprint density at radius 1 is 1.40 bits per heavy atom. The predicted octanol–water partition coefficient (Wildman–Crippen LogP) is 1.53. The lowest BCUT2D eigenvalue weighted by Gasteiger charge is -2.31. The van der Waals surface area contributed by atoms with Gasteiger partial charge in [-0.1, -0.05) is 32.6 Å². The zero-order valence-corrected chi connectivity index (χ0v) is 12.8. The van der Waals surface area contributed by atoms with Crippen LogP contribution in [-0.2, 0) is 4.79 Å². The van der Waals surface area contributed by atoms with Crippen molar-refractivity contribution in [3.05, 3.63) is 0 Å². The van der Waals surface area contributed by atoms with Gasteiger partial charge in [0.05, 0.1) is 13.2 Å². The molecule has 1 saturated carbocycles. The van der Waals surface area contributed by atoms with Crippen LogP contribution < -0.4 is 5.32 Å². The molecule has 1 amide bonds. The molecular formula is C16H28N2O2. The lowest BCUT2D eigenvalue weighted by molar-refractivity contribution is -0.124. The molecule has 0 bridgehead atoms. The van der Waals surface area contributed by atoms with Gasteiger partial charge in [-0.25, -0.2) is 0 Å². The number of hydrogen-bond donors (Lipinski definition) is 2. The molecule has 1 aliphatic rings. The van der Waals surface area contributed by atoms with Crippen molar-refractivity contribution in [2.24, 2.45) is 0 Å². The SMILES string of the molecule is C#CC(CC)(CC)NC(=O)CN(CCO)C1CCCC1. The van der Waals surface area contributed by atoms with E-state index in [9.17, 15) is 9.90 Å². The number of amides is 1. The van der Waals surface area contributed by atoms with E-state index < -0.39 is 5.54 Å². The van der Waals surface area contributed by atoms with Gasteiger partial charge in [-0.05, 0) is 25.7 Å². The maximum atomic E-state index is 12.2. The molecule has 1 rings (SSSR count). The highest BCUT2D eigenvalue weighted by Crippen LogP contribution is 2.23. The number of carbonyl (C=O) groups is 1. The summed E-state index contributed by atoms with van der Waals surface area (Å²) in [6.07, 6.45) is 11.7. The minimum atomic E-state index is -0.530. The lowest BCUT2D eigenvalue weighted by Crippen LogP contribution is -2.51. The zero-order chi connectivity index (χ0) is 15.0. The minimum absolute atomic E-state index is 0.0352. The molecule has 4 nitrogen and oxygen atoms in total. The van der Waals surface area contributed by atoms with Gasteiger partial charge < -0.3 is 10.4 Å². The Hall–Kier alpha value is -1.05. The second-order valence-corrected chi connectivity index (χ2v) is 5.61. The van der Waals surface area contributed by atoms with Gasteiger partial charge in [0.25, 0.3) is 0 Å². The van der Waals surface area contributed by atoms with Gasteiger partial charge in [0.15, 0.2) is 0 Å². The van der Waals surface area contributed by atoms with Crippen molar-refractivity contribution in [1.29, 1.82) is 0 Å². The summed E-state index contributed by atoms with van der Waals surface area (Å²) in [7, 11) is 0. The molecule has 4 heteroatoms. The quantitative estimate of drug-likeness (QED) is 0.663. The number of aliphatic hydroxyl groups is 1. The number of hydrogen-bond acceptors (Lipinski definition) is 3. The van der Waals surface area contributed by atoms with Gasteiger partial charge in [-0.3, -0.25) is 9.69 Å². The van der Waals surface area contributed by atoms with Gasteiger partial charge in [-0.2, -0.15) is 0 Å². The monoisotopic (exact) mass is 280 g/mol. The van der Waals surface area contributed by atoms with Crippen LogP contribution in [0.5, 0.6) is 0 Å². The fraction of sp³-hybridized carbons (Fsp3) is 0.812. The molecule has 1 fully saturated rings. The fourth-order valence-corrected chi connectivity index (χ4v) is 2.95. The molecule has 20 heavy (non-hydrogen) atoms. The van der Waals surface area contributed by atoms with E-state index >= 15 is 0 Å². The first-order valence-electron chi connectivity index (χ1n) is 7.74. The predicted molar refractivity (Wildman–Crippen MR) is 81.2 cm³/mol. The van der Waals surface area contributed by atoms with E-state index in [2.05, 4.69) is 16.1 Å². The largest absolute Gasteiger partial charge is 0.395 e. The Morgan fingerprint density at radius 3 is 2.45 bits per heavy atom. The van der Waals surface area contributed by atoms with Crippen molar-refractivity contribution in [3.63, 3.8) is 0 Å². The van der Waals surface area contributed by atoms with Crippen LogP contribution in [0.4, 0.5) is 0 Å². The van der Waals surface area contributed by atoms with Crippen LogP contribution in [0.1, 0.15) is 52.4 Å². The summed E-state index contributed by atoms with van der Waals surface area (Å²) < 4.78 is 0. The molecule has 0 saturated heterocycles. The number of rotatable bonds is 8. The first kappa shape index (κ1) is 17.0. The molecule has 2 N–H and O–H groups in total. The normalized spacial score (nSPS) is 16.4. The number of nitrogens with zero attached hydrogens (tertiary/aromatic N) is 1. The van der Waals surface area contributed by atoms with Crippen LogP contribution in [0.15, 0.2) is 0 Å². The summed E-state index contributed by atoms with van der Waals surface area (Å²) in [5.74, 6) is 2.69.